The van der Waals surface area contributed by atoms with Crippen LogP contribution in [-0.2, 0) is 0 Å². The molecule has 2 aliphatic rings. The molecule has 2 nitrogen and oxygen atoms in total. The standard InChI is InChI=1S/C8H16N2.C2H6/c1-7-6-10(3)8(7,2)4-5-9-7;1-2/h9H,4-6H2,1-3H3;1-2H3/t7-,8-;/m1./s1. The predicted octanol–water partition coefficient (Wildman–Crippen LogP) is 1.47. The highest BCUT2D eigenvalue weighted by molar-refractivity contribution is 5.20. The molecule has 0 aliphatic carbocycles. The summed E-state index contributed by atoms with van der Waals surface area (Å²) in [6.07, 6.45) is 1.31. The summed E-state index contributed by atoms with van der Waals surface area (Å²) in [5.74, 6) is 0. The van der Waals surface area contributed by atoms with Crippen LogP contribution in [0.5, 0.6) is 0 Å². The lowest BCUT2D eigenvalue weighted by Crippen LogP contribution is -2.75. The van der Waals surface area contributed by atoms with Crippen molar-refractivity contribution < 1.29 is 0 Å². The number of likely N-dealkylation sites (tertiary alicyclic amines) is 1. The Labute approximate surface area is 76.3 Å². The fraction of sp³-hybridized carbons (Fsp3) is 1.00. The van der Waals surface area contributed by atoms with Gasteiger partial charge in [0.1, 0.15) is 0 Å². The van der Waals surface area contributed by atoms with Crippen LogP contribution in [0.3, 0.4) is 0 Å². The average Bonchev–Trinajstić information content (AvgIpc) is 2.29. The van der Waals surface area contributed by atoms with Gasteiger partial charge in [0.2, 0.25) is 0 Å². The molecule has 72 valence electrons. The Bertz CT molecular complexity index is 169. The van der Waals surface area contributed by atoms with Gasteiger partial charge in [-0.1, -0.05) is 13.8 Å². The average molecular weight is 170 g/mol. The Morgan fingerprint density at radius 2 is 1.83 bits per heavy atom. The molecule has 0 aromatic carbocycles. The van der Waals surface area contributed by atoms with Crippen molar-refractivity contribution in [3.8, 4) is 0 Å². The highest BCUT2D eigenvalue weighted by Gasteiger charge is 2.59. The van der Waals surface area contributed by atoms with E-state index < -0.39 is 0 Å². The zero-order valence-corrected chi connectivity index (χ0v) is 9.07. The summed E-state index contributed by atoms with van der Waals surface area (Å²) in [5.41, 5.74) is 0.870. The molecular formula is C10H22N2. The van der Waals surface area contributed by atoms with Gasteiger partial charge in [0, 0.05) is 17.6 Å². The minimum atomic E-state index is 0.418. The maximum Gasteiger partial charge on any atom is 0.0464 e. The van der Waals surface area contributed by atoms with Gasteiger partial charge < -0.3 is 5.32 Å². The summed E-state index contributed by atoms with van der Waals surface area (Å²) in [7, 11) is 2.22. The summed E-state index contributed by atoms with van der Waals surface area (Å²) in [5, 5.41) is 3.56. The molecule has 12 heavy (non-hydrogen) atoms. The molecule has 0 aromatic rings. The molecule has 2 atom stereocenters. The van der Waals surface area contributed by atoms with E-state index in [1.807, 2.05) is 13.8 Å². The zero-order valence-electron chi connectivity index (χ0n) is 9.07. The number of fused-ring (bicyclic) bond motifs is 1. The molecule has 2 heterocycles. The van der Waals surface area contributed by atoms with Crippen molar-refractivity contribution in [2.45, 2.75) is 45.2 Å². The van der Waals surface area contributed by atoms with Gasteiger partial charge in [0.25, 0.3) is 0 Å². The third kappa shape index (κ3) is 1.01. The summed E-state index contributed by atoms with van der Waals surface area (Å²) < 4.78 is 0. The van der Waals surface area contributed by atoms with Crippen molar-refractivity contribution in [3.05, 3.63) is 0 Å². The molecule has 2 rings (SSSR count). The highest BCUT2D eigenvalue weighted by atomic mass is 15.4. The fourth-order valence-electron chi connectivity index (χ4n) is 2.44. The molecule has 0 amide bonds. The summed E-state index contributed by atoms with van der Waals surface area (Å²) in [6.45, 7) is 11.1. The van der Waals surface area contributed by atoms with Crippen LogP contribution in [-0.4, -0.2) is 36.1 Å². The van der Waals surface area contributed by atoms with Crippen molar-refractivity contribution in [1.29, 1.82) is 0 Å². The second-order valence-electron chi connectivity index (χ2n) is 4.14. The largest absolute Gasteiger partial charge is 0.309 e. The fourth-order valence-corrected chi connectivity index (χ4v) is 2.44. The van der Waals surface area contributed by atoms with Crippen molar-refractivity contribution >= 4 is 0 Å². The van der Waals surface area contributed by atoms with Crippen LogP contribution in [0.25, 0.3) is 0 Å². The van der Waals surface area contributed by atoms with E-state index in [0.29, 0.717) is 11.1 Å². The molecule has 0 radical (unpaired) electrons. The van der Waals surface area contributed by atoms with Gasteiger partial charge in [-0.3, -0.25) is 4.90 Å². The van der Waals surface area contributed by atoms with Gasteiger partial charge >= 0.3 is 0 Å². The van der Waals surface area contributed by atoms with Crippen molar-refractivity contribution in [1.82, 2.24) is 10.2 Å². The predicted molar refractivity (Wildman–Crippen MR) is 53.4 cm³/mol. The number of hydrogen-bond acceptors (Lipinski definition) is 2. The van der Waals surface area contributed by atoms with Gasteiger partial charge in [-0.25, -0.2) is 0 Å². The minimum absolute atomic E-state index is 0.418. The molecule has 0 spiro atoms. The minimum Gasteiger partial charge on any atom is -0.309 e. The second-order valence-corrected chi connectivity index (χ2v) is 4.14. The van der Waals surface area contributed by atoms with Gasteiger partial charge in [-0.15, -0.1) is 0 Å². The number of likely N-dealkylation sites (N-methyl/N-ethyl adjacent to an activating group) is 1. The Morgan fingerprint density at radius 3 is 2.17 bits per heavy atom. The quantitative estimate of drug-likeness (QED) is 0.592. The van der Waals surface area contributed by atoms with E-state index in [1.54, 1.807) is 0 Å². The smallest absolute Gasteiger partial charge is 0.0464 e. The van der Waals surface area contributed by atoms with E-state index >= 15 is 0 Å². The topological polar surface area (TPSA) is 15.3 Å². The SMILES string of the molecule is CC.CN1C[C@@]2(C)NCC[C@@]12C. The first-order chi connectivity index (χ1) is 5.58. The molecule has 2 fully saturated rings. The van der Waals surface area contributed by atoms with E-state index in [0.717, 1.165) is 0 Å². The number of hydrogen-bond donors (Lipinski definition) is 1. The molecule has 1 N–H and O–H groups in total. The van der Waals surface area contributed by atoms with Crippen LogP contribution in [0.4, 0.5) is 0 Å². The molecular weight excluding hydrogens is 148 g/mol. The first-order valence-electron chi connectivity index (χ1n) is 5.05. The van der Waals surface area contributed by atoms with Crippen molar-refractivity contribution in [3.63, 3.8) is 0 Å². The Kier molecular flexibility index (Phi) is 2.50. The number of nitrogens with zero attached hydrogens (tertiary/aromatic N) is 1. The summed E-state index contributed by atoms with van der Waals surface area (Å²) >= 11 is 0. The maximum absolute atomic E-state index is 3.56. The van der Waals surface area contributed by atoms with Crippen LogP contribution >= 0.6 is 0 Å². The first kappa shape index (κ1) is 10.0. The van der Waals surface area contributed by atoms with Gasteiger partial charge in [-0.2, -0.15) is 0 Å². The van der Waals surface area contributed by atoms with Crippen LogP contribution in [0, 0.1) is 0 Å². The zero-order chi connectivity index (χ0) is 9.41. The molecule has 0 saturated carbocycles. The van der Waals surface area contributed by atoms with E-state index in [9.17, 15) is 0 Å². The Balaban J connectivity index is 0.000000336. The first-order valence-corrected chi connectivity index (χ1v) is 5.05. The highest BCUT2D eigenvalue weighted by Crippen LogP contribution is 2.44. The lowest BCUT2D eigenvalue weighted by molar-refractivity contribution is -0.0498. The summed E-state index contributed by atoms with van der Waals surface area (Å²) in [6, 6.07) is 0. The van der Waals surface area contributed by atoms with Gasteiger partial charge in [0.15, 0.2) is 0 Å². The van der Waals surface area contributed by atoms with E-state index in [2.05, 4.69) is 31.1 Å². The summed E-state index contributed by atoms with van der Waals surface area (Å²) in [4.78, 5) is 2.45. The maximum atomic E-state index is 3.56. The van der Waals surface area contributed by atoms with Crippen molar-refractivity contribution in [2.75, 3.05) is 20.1 Å². The van der Waals surface area contributed by atoms with Gasteiger partial charge in [-0.05, 0) is 33.9 Å². The van der Waals surface area contributed by atoms with E-state index in [1.165, 1.54) is 19.5 Å². The van der Waals surface area contributed by atoms with Crippen molar-refractivity contribution in [2.24, 2.45) is 0 Å². The molecule has 0 unspecified atom stereocenters. The van der Waals surface area contributed by atoms with Crippen LogP contribution in [0.1, 0.15) is 34.1 Å². The molecule has 0 bridgehead atoms. The number of nitrogens with one attached hydrogen (secondary N) is 1. The molecule has 2 heteroatoms. The van der Waals surface area contributed by atoms with E-state index in [4.69, 9.17) is 0 Å². The van der Waals surface area contributed by atoms with E-state index in [-0.39, 0.29) is 0 Å². The Morgan fingerprint density at radius 1 is 1.25 bits per heavy atom. The normalized spacial score (nSPS) is 45.8. The number of rotatable bonds is 0. The second kappa shape index (κ2) is 3.00. The van der Waals surface area contributed by atoms with Gasteiger partial charge in [0.05, 0.1) is 0 Å². The van der Waals surface area contributed by atoms with Crippen LogP contribution < -0.4 is 5.32 Å². The lowest BCUT2D eigenvalue weighted by Gasteiger charge is -2.59. The molecule has 2 aliphatic heterocycles. The van der Waals surface area contributed by atoms with Crippen LogP contribution in [0.15, 0.2) is 0 Å². The third-order valence-corrected chi connectivity index (χ3v) is 3.71. The lowest BCUT2D eigenvalue weighted by atomic mass is 9.71. The molecule has 0 aromatic heterocycles. The monoisotopic (exact) mass is 170 g/mol. The third-order valence-electron chi connectivity index (χ3n) is 3.71. The van der Waals surface area contributed by atoms with Crippen LogP contribution in [0.2, 0.25) is 0 Å². The molecule has 2 saturated heterocycles. The Hall–Kier alpha value is -0.0800.